The van der Waals surface area contributed by atoms with E-state index in [0.717, 1.165) is 0 Å². The third kappa shape index (κ3) is 7.82. The summed E-state index contributed by atoms with van der Waals surface area (Å²) in [6, 6.07) is -0.276. The van der Waals surface area contributed by atoms with Gasteiger partial charge in [0.2, 0.25) is 5.91 Å². The highest BCUT2D eigenvalue weighted by molar-refractivity contribution is 5.81. The Labute approximate surface area is 116 Å². The van der Waals surface area contributed by atoms with Crippen LogP contribution in [0.3, 0.4) is 0 Å². The van der Waals surface area contributed by atoms with E-state index in [0.29, 0.717) is 19.6 Å². The summed E-state index contributed by atoms with van der Waals surface area (Å²) in [6.45, 7) is 13.1. The Morgan fingerprint density at radius 2 is 1.74 bits per heavy atom. The molecule has 0 aliphatic carbocycles. The summed E-state index contributed by atoms with van der Waals surface area (Å²) in [6.07, 6.45) is 0.271. The van der Waals surface area contributed by atoms with Crippen LogP contribution in [-0.4, -0.2) is 48.1 Å². The Hall–Kier alpha value is -1.10. The summed E-state index contributed by atoms with van der Waals surface area (Å²) in [5.41, 5.74) is -0.459. The van der Waals surface area contributed by atoms with Gasteiger partial charge in [-0.05, 0) is 41.5 Å². The zero-order chi connectivity index (χ0) is 15.1. The topological polar surface area (TPSA) is 58.6 Å². The lowest BCUT2D eigenvalue weighted by atomic mass is 10.2. The number of hydrogen-bond acceptors (Lipinski definition) is 4. The van der Waals surface area contributed by atoms with E-state index < -0.39 is 5.60 Å². The van der Waals surface area contributed by atoms with E-state index in [-0.39, 0.29) is 24.3 Å². The highest BCUT2D eigenvalue weighted by Gasteiger charge is 2.19. The molecule has 0 bridgehead atoms. The van der Waals surface area contributed by atoms with Gasteiger partial charge in [0.15, 0.2) is 0 Å². The Kier molecular flexibility index (Phi) is 7.68. The molecule has 1 amide bonds. The zero-order valence-corrected chi connectivity index (χ0v) is 13.1. The minimum atomic E-state index is -0.459. The van der Waals surface area contributed by atoms with Gasteiger partial charge in [0.1, 0.15) is 5.60 Å². The molecule has 0 saturated carbocycles. The maximum atomic E-state index is 12.0. The molecule has 0 saturated heterocycles. The summed E-state index contributed by atoms with van der Waals surface area (Å²) in [4.78, 5) is 25.2. The van der Waals surface area contributed by atoms with Crippen molar-refractivity contribution in [1.29, 1.82) is 0 Å². The lowest BCUT2D eigenvalue weighted by molar-refractivity contribution is -0.154. The number of likely N-dealkylation sites (N-methyl/N-ethyl adjacent to an activating group) is 1. The molecule has 5 heteroatoms. The second kappa shape index (κ2) is 8.15. The van der Waals surface area contributed by atoms with Crippen LogP contribution >= 0.6 is 0 Å². The van der Waals surface area contributed by atoms with Gasteiger partial charge in [0.05, 0.1) is 12.5 Å². The monoisotopic (exact) mass is 272 g/mol. The highest BCUT2D eigenvalue weighted by Crippen LogP contribution is 2.07. The Bertz CT molecular complexity index is 294. The van der Waals surface area contributed by atoms with Crippen LogP contribution in [0.15, 0.2) is 0 Å². The van der Waals surface area contributed by atoms with Crippen LogP contribution in [0.1, 0.15) is 48.0 Å². The predicted octanol–water partition coefficient (Wildman–Crippen LogP) is 1.56. The summed E-state index contributed by atoms with van der Waals surface area (Å²) < 4.78 is 5.20. The van der Waals surface area contributed by atoms with Crippen molar-refractivity contribution in [1.82, 2.24) is 10.2 Å². The SMILES string of the molecule is CCN(CC)C(=O)C(C)NCCC(=O)OC(C)(C)C. The molecule has 1 N–H and O–H groups in total. The molecule has 0 aromatic carbocycles. The van der Waals surface area contributed by atoms with E-state index in [1.165, 1.54) is 0 Å². The molecule has 0 radical (unpaired) electrons. The van der Waals surface area contributed by atoms with Crippen molar-refractivity contribution in [2.45, 2.75) is 59.6 Å². The van der Waals surface area contributed by atoms with Gasteiger partial charge in [-0.2, -0.15) is 0 Å². The van der Waals surface area contributed by atoms with Crippen molar-refractivity contribution in [3.05, 3.63) is 0 Å². The predicted molar refractivity (Wildman–Crippen MR) is 75.9 cm³/mol. The molecule has 1 atom stereocenters. The van der Waals surface area contributed by atoms with Crippen molar-refractivity contribution in [2.24, 2.45) is 0 Å². The fourth-order valence-corrected chi connectivity index (χ4v) is 1.68. The minimum Gasteiger partial charge on any atom is -0.460 e. The third-order valence-electron chi connectivity index (χ3n) is 2.65. The average molecular weight is 272 g/mol. The molecular formula is C14H28N2O3. The van der Waals surface area contributed by atoms with E-state index in [1.54, 1.807) is 4.90 Å². The molecule has 19 heavy (non-hydrogen) atoms. The van der Waals surface area contributed by atoms with Gasteiger partial charge in [-0.1, -0.05) is 0 Å². The van der Waals surface area contributed by atoms with E-state index >= 15 is 0 Å². The quantitative estimate of drug-likeness (QED) is 0.715. The van der Waals surface area contributed by atoms with E-state index in [4.69, 9.17) is 4.74 Å². The van der Waals surface area contributed by atoms with Crippen LogP contribution in [0.2, 0.25) is 0 Å². The van der Waals surface area contributed by atoms with Crippen LogP contribution < -0.4 is 5.32 Å². The van der Waals surface area contributed by atoms with Gasteiger partial charge in [0.25, 0.3) is 0 Å². The number of carbonyl (C=O) groups excluding carboxylic acids is 2. The normalized spacial score (nSPS) is 12.9. The molecule has 112 valence electrons. The van der Waals surface area contributed by atoms with E-state index in [9.17, 15) is 9.59 Å². The van der Waals surface area contributed by atoms with Crippen LogP contribution in [-0.2, 0) is 14.3 Å². The highest BCUT2D eigenvalue weighted by atomic mass is 16.6. The Balaban J connectivity index is 4.01. The standard InChI is InChI=1S/C14H28N2O3/c1-7-16(8-2)13(18)11(3)15-10-9-12(17)19-14(4,5)6/h11,15H,7-10H2,1-6H3. The van der Waals surface area contributed by atoms with Crippen molar-refractivity contribution in [2.75, 3.05) is 19.6 Å². The summed E-state index contributed by atoms with van der Waals surface area (Å²) in [7, 11) is 0. The van der Waals surface area contributed by atoms with Gasteiger partial charge in [-0.3, -0.25) is 9.59 Å². The van der Waals surface area contributed by atoms with Crippen molar-refractivity contribution in [3.63, 3.8) is 0 Å². The maximum absolute atomic E-state index is 12.0. The molecule has 0 aromatic heterocycles. The Morgan fingerprint density at radius 3 is 2.16 bits per heavy atom. The van der Waals surface area contributed by atoms with Gasteiger partial charge < -0.3 is 15.0 Å². The van der Waals surface area contributed by atoms with Crippen LogP contribution in [0.5, 0.6) is 0 Å². The lowest BCUT2D eigenvalue weighted by Gasteiger charge is -2.24. The first kappa shape index (κ1) is 17.9. The molecule has 0 rings (SSSR count). The smallest absolute Gasteiger partial charge is 0.307 e. The number of amides is 1. The zero-order valence-electron chi connectivity index (χ0n) is 13.1. The third-order valence-corrected chi connectivity index (χ3v) is 2.65. The van der Waals surface area contributed by atoms with Crippen LogP contribution in [0.25, 0.3) is 0 Å². The maximum Gasteiger partial charge on any atom is 0.307 e. The fraction of sp³-hybridized carbons (Fsp3) is 0.857. The molecule has 0 aliphatic heterocycles. The average Bonchev–Trinajstić information content (AvgIpc) is 2.27. The first-order valence-electron chi connectivity index (χ1n) is 6.95. The number of rotatable bonds is 7. The number of ether oxygens (including phenoxy) is 1. The summed E-state index contributed by atoms with van der Waals surface area (Å²) in [5.74, 6) is -0.184. The van der Waals surface area contributed by atoms with Gasteiger partial charge >= 0.3 is 5.97 Å². The number of nitrogens with zero attached hydrogens (tertiary/aromatic N) is 1. The van der Waals surface area contributed by atoms with Crippen molar-refractivity contribution >= 4 is 11.9 Å². The summed E-state index contributed by atoms with van der Waals surface area (Å²) >= 11 is 0. The summed E-state index contributed by atoms with van der Waals surface area (Å²) in [5, 5.41) is 3.06. The number of hydrogen-bond donors (Lipinski definition) is 1. The van der Waals surface area contributed by atoms with Gasteiger partial charge in [-0.15, -0.1) is 0 Å². The largest absolute Gasteiger partial charge is 0.460 e. The fourth-order valence-electron chi connectivity index (χ4n) is 1.68. The molecule has 0 aliphatic rings. The first-order chi connectivity index (χ1) is 8.71. The Morgan fingerprint density at radius 1 is 1.21 bits per heavy atom. The molecule has 0 heterocycles. The molecule has 5 nitrogen and oxygen atoms in total. The molecule has 0 aromatic rings. The van der Waals surface area contributed by atoms with E-state index in [2.05, 4.69) is 5.32 Å². The van der Waals surface area contributed by atoms with Gasteiger partial charge in [-0.25, -0.2) is 0 Å². The number of carbonyl (C=O) groups is 2. The molecule has 0 spiro atoms. The lowest BCUT2D eigenvalue weighted by Crippen LogP contribution is -2.45. The second-order valence-electron chi connectivity index (χ2n) is 5.52. The van der Waals surface area contributed by atoms with Crippen LogP contribution in [0.4, 0.5) is 0 Å². The molecular weight excluding hydrogens is 244 g/mol. The first-order valence-corrected chi connectivity index (χ1v) is 6.95. The number of nitrogens with one attached hydrogen (secondary N) is 1. The van der Waals surface area contributed by atoms with Gasteiger partial charge in [0, 0.05) is 19.6 Å². The minimum absolute atomic E-state index is 0.0641. The van der Waals surface area contributed by atoms with Crippen molar-refractivity contribution in [3.8, 4) is 0 Å². The molecule has 1 unspecified atom stereocenters. The number of esters is 1. The molecule has 0 fully saturated rings. The second-order valence-corrected chi connectivity index (χ2v) is 5.52. The van der Waals surface area contributed by atoms with E-state index in [1.807, 2.05) is 41.5 Å². The van der Waals surface area contributed by atoms with Crippen LogP contribution in [0, 0.1) is 0 Å². The van der Waals surface area contributed by atoms with Crippen molar-refractivity contribution < 1.29 is 14.3 Å².